The van der Waals surface area contributed by atoms with Crippen molar-refractivity contribution in [3.63, 3.8) is 0 Å². The van der Waals surface area contributed by atoms with E-state index in [1.54, 1.807) is 11.8 Å². The van der Waals surface area contributed by atoms with Gasteiger partial charge < -0.3 is 19.5 Å². The van der Waals surface area contributed by atoms with E-state index < -0.39 is 12.0 Å². The summed E-state index contributed by atoms with van der Waals surface area (Å²) in [4.78, 5) is 17.7. The van der Waals surface area contributed by atoms with E-state index in [1.807, 2.05) is 56.3 Å². The van der Waals surface area contributed by atoms with E-state index >= 15 is 0 Å². The second-order valence-electron chi connectivity index (χ2n) is 7.88. The van der Waals surface area contributed by atoms with Gasteiger partial charge in [-0.05, 0) is 48.1 Å². The number of carbonyl (C=O) groups excluding carboxylic acids is 1. The van der Waals surface area contributed by atoms with Crippen molar-refractivity contribution < 1.29 is 19.0 Å². The van der Waals surface area contributed by atoms with Gasteiger partial charge in [0.05, 0.1) is 12.7 Å². The fourth-order valence-electron chi connectivity index (χ4n) is 3.87. The molecule has 0 bridgehead atoms. The lowest BCUT2D eigenvalue weighted by molar-refractivity contribution is -0.138. The Kier molecular flexibility index (Phi) is 8.22. The van der Waals surface area contributed by atoms with E-state index in [0.29, 0.717) is 45.5 Å². The fourth-order valence-corrected chi connectivity index (χ4v) is 4.64. The molecule has 2 heterocycles. The summed E-state index contributed by atoms with van der Waals surface area (Å²) >= 11 is 7.61. The lowest BCUT2D eigenvalue weighted by Crippen LogP contribution is -2.29. The molecule has 1 N–H and O–H groups in total. The van der Waals surface area contributed by atoms with E-state index in [9.17, 15) is 4.79 Å². The molecule has 0 spiro atoms. The number of nitrogens with zero attached hydrogens (tertiary/aromatic N) is 3. The Hall–Kier alpha value is -3.43. The molecule has 0 saturated carbocycles. The van der Waals surface area contributed by atoms with E-state index in [2.05, 4.69) is 22.0 Å². The number of benzene rings is 2. The molecule has 8 nitrogen and oxygen atoms in total. The topological polar surface area (TPSA) is 87.5 Å². The molecule has 4 rings (SSSR count). The van der Waals surface area contributed by atoms with Crippen molar-refractivity contribution in [2.24, 2.45) is 0 Å². The van der Waals surface area contributed by atoms with Crippen LogP contribution < -0.4 is 14.8 Å². The van der Waals surface area contributed by atoms with Crippen molar-refractivity contribution in [3.8, 4) is 11.5 Å². The van der Waals surface area contributed by atoms with Crippen LogP contribution in [0.3, 0.4) is 0 Å². The number of allylic oxidation sites excluding steroid dienone is 1. The highest BCUT2D eigenvalue weighted by molar-refractivity contribution is 7.99. The summed E-state index contributed by atoms with van der Waals surface area (Å²) in [7, 11) is 1.57. The fraction of sp³-hybridized carbons (Fsp3) is 0.269. The molecule has 10 heteroatoms. The van der Waals surface area contributed by atoms with Crippen LogP contribution in [0.25, 0.3) is 0 Å². The summed E-state index contributed by atoms with van der Waals surface area (Å²) in [5.74, 6) is 1.99. The van der Waals surface area contributed by atoms with Crippen molar-refractivity contribution in [1.29, 1.82) is 0 Å². The molecule has 36 heavy (non-hydrogen) atoms. The van der Waals surface area contributed by atoms with Crippen LogP contribution in [0, 0.1) is 0 Å². The number of nitrogens with one attached hydrogen (secondary N) is 1. The molecule has 0 saturated heterocycles. The van der Waals surface area contributed by atoms with E-state index in [-0.39, 0.29) is 6.61 Å². The Labute approximate surface area is 219 Å². The minimum Gasteiger partial charge on any atom is -0.493 e. The van der Waals surface area contributed by atoms with Gasteiger partial charge in [-0.25, -0.2) is 9.48 Å². The summed E-state index contributed by atoms with van der Waals surface area (Å²) in [5.41, 5.74) is 2.78. The van der Waals surface area contributed by atoms with Crippen molar-refractivity contribution in [2.75, 3.05) is 24.8 Å². The largest absolute Gasteiger partial charge is 0.493 e. The van der Waals surface area contributed by atoms with E-state index in [1.165, 1.54) is 17.8 Å². The SMILES string of the molecule is C=CCOC(=O)C1=C(C)Nc2nc(SCC)nn2C1c1ccc(OCc2cccc(Cl)c2)c(OC)c1. The van der Waals surface area contributed by atoms with Gasteiger partial charge in [-0.15, -0.1) is 5.10 Å². The third-order valence-corrected chi connectivity index (χ3v) is 6.40. The van der Waals surface area contributed by atoms with Gasteiger partial charge in [0.15, 0.2) is 11.5 Å². The van der Waals surface area contributed by atoms with Crippen molar-refractivity contribution in [1.82, 2.24) is 14.8 Å². The third kappa shape index (κ3) is 5.52. The van der Waals surface area contributed by atoms with Gasteiger partial charge >= 0.3 is 5.97 Å². The van der Waals surface area contributed by atoms with Crippen LogP contribution in [0.1, 0.15) is 31.0 Å². The van der Waals surface area contributed by atoms with Crippen LogP contribution in [-0.4, -0.2) is 40.2 Å². The molecule has 1 aliphatic rings. The monoisotopic (exact) mass is 526 g/mol. The maximum Gasteiger partial charge on any atom is 0.338 e. The molecule has 2 aromatic carbocycles. The number of rotatable bonds is 10. The predicted molar refractivity (Wildman–Crippen MR) is 141 cm³/mol. The third-order valence-electron chi connectivity index (χ3n) is 5.45. The highest BCUT2D eigenvalue weighted by Gasteiger charge is 2.35. The predicted octanol–water partition coefficient (Wildman–Crippen LogP) is 5.65. The lowest BCUT2D eigenvalue weighted by atomic mass is 9.95. The quantitative estimate of drug-likeness (QED) is 0.206. The second kappa shape index (κ2) is 11.5. The summed E-state index contributed by atoms with van der Waals surface area (Å²) < 4.78 is 18.8. The Morgan fingerprint density at radius 3 is 2.83 bits per heavy atom. The molecule has 188 valence electrons. The molecule has 1 atom stereocenters. The number of anilines is 1. The van der Waals surface area contributed by atoms with E-state index in [4.69, 9.17) is 25.8 Å². The first-order valence-corrected chi connectivity index (χ1v) is 12.7. The zero-order chi connectivity index (χ0) is 25.7. The van der Waals surface area contributed by atoms with Crippen LogP contribution in [-0.2, 0) is 16.1 Å². The van der Waals surface area contributed by atoms with Gasteiger partial charge in [-0.3, -0.25) is 0 Å². The summed E-state index contributed by atoms with van der Waals surface area (Å²) in [6.07, 6.45) is 1.53. The highest BCUT2D eigenvalue weighted by atomic mass is 35.5. The van der Waals surface area contributed by atoms with Crippen LogP contribution >= 0.6 is 23.4 Å². The number of halogens is 1. The standard InChI is InChI=1S/C26H27ClN4O4S/c1-5-12-34-24(32)22-16(3)28-25-29-26(36-6-2)30-31(25)23(22)18-10-11-20(21(14-18)33-4)35-15-17-8-7-9-19(27)13-17/h5,7-11,13-14,23H,1,6,12,15H2,2-4H3,(H,28,29,30). The molecule has 0 amide bonds. The number of carbonyl (C=O) groups is 1. The van der Waals surface area contributed by atoms with Crippen molar-refractivity contribution in [2.45, 2.75) is 31.7 Å². The zero-order valence-electron chi connectivity index (χ0n) is 20.3. The van der Waals surface area contributed by atoms with Crippen LogP contribution in [0.4, 0.5) is 5.95 Å². The first-order valence-electron chi connectivity index (χ1n) is 11.4. The van der Waals surface area contributed by atoms with Crippen LogP contribution in [0.5, 0.6) is 11.5 Å². The average Bonchev–Trinajstić information content (AvgIpc) is 3.27. The zero-order valence-corrected chi connectivity index (χ0v) is 21.9. The number of ether oxygens (including phenoxy) is 3. The normalized spacial score (nSPS) is 14.6. The number of methoxy groups -OCH3 is 1. The van der Waals surface area contributed by atoms with Crippen molar-refractivity contribution in [3.05, 3.63) is 82.5 Å². The van der Waals surface area contributed by atoms with Crippen LogP contribution in [0.2, 0.25) is 5.02 Å². The molecule has 1 aromatic heterocycles. The number of thioether (sulfide) groups is 1. The molecule has 0 fully saturated rings. The molecular weight excluding hydrogens is 500 g/mol. The number of aromatic nitrogens is 3. The molecular formula is C26H27ClN4O4S. The maximum absolute atomic E-state index is 13.1. The average molecular weight is 527 g/mol. The summed E-state index contributed by atoms with van der Waals surface area (Å²) in [5, 5.41) is 9.12. The highest BCUT2D eigenvalue weighted by Crippen LogP contribution is 2.40. The number of hydrogen-bond donors (Lipinski definition) is 1. The number of fused-ring (bicyclic) bond motifs is 1. The first kappa shape index (κ1) is 25.7. The molecule has 1 unspecified atom stereocenters. The Balaban J connectivity index is 1.71. The van der Waals surface area contributed by atoms with Gasteiger partial charge in [-0.1, -0.05) is 61.1 Å². The van der Waals surface area contributed by atoms with Crippen LogP contribution in [0.15, 0.2) is 71.5 Å². The van der Waals surface area contributed by atoms with Gasteiger partial charge in [0.2, 0.25) is 11.1 Å². The van der Waals surface area contributed by atoms with Crippen molar-refractivity contribution >= 4 is 35.3 Å². The molecule has 0 radical (unpaired) electrons. The van der Waals surface area contributed by atoms with E-state index in [0.717, 1.165) is 16.9 Å². The number of hydrogen-bond acceptors (Lipinski definition) is 8. The minimum atomic E-state index is -0.576. The smallest absolute Gasteiger partial charge is 0.338 e. The Morgan fingerprint density at radius 2 is 2.11 bits per heavy atom. The Morgan fingerprint density at radius 1 is 1.28 bits per heavy atom. The summed E-state index contributed by atoms with van der Waals surface area (Å²) in [6, 6.07) is 12.5. The van der Waals surface area contributed by atoms with Gasteiger partial charge in [0.1, 0.15) is 19.3 Å². The molecule has 0 aliphatic carbocycles. The van der Waals surface area contributed by atoms with Gasteiger partial charge in [0.25, 0.3) is 0 Å². The first-order chi connectivity index (χ1) is 17.4. The second-order valence-corrected chi connectivity index (χ2v) is 9.55. The van der Waals surface area contributed by atoms with Gasteiger partial charge in [0, 0.05) is 10.7 Å². The van der Waals surface area contributed by atoms with Gasteiger partial charge in [-0.2, -0.15) is 4.98 Å². The molecule has 3 aromatic rings. The lowest BCUT2D eigenvalue weighted by Gasteiger charge is -2.28. The Bertz CT molecular complexity index is 1310. The minimum absolute atomic E-state index is 0.100. The maximum atomic E-state index is 13.1. The number of esters is 1. The molecule has 1 aliphatic heterocycles. The summed E-state index contributed by atoms with van der Waals surface area (Å²) in [6.45, 7) is 7.91.